The molecule has 0 atom stereocenters. The van der Waals surface area contributed by atoms with Gasteiger partial charge in [-0.3, -0.25) is 10.1 Å². The first-order chi connectivity index (χ1) is 9.06. The lowest BCUT2D eigenvalue weighted by atomic mass is 9.67. The zero-order valence-corrected chi connectivity index (χ0v) is 11.4. The second-order valence-electron chi connectivity index (χ2n) is 5.21. The Morgan fingerprint density at radius 3 is 2.84 bits per heavy atom. The van der Waals surface area contributed by atoms with Crippen molar-refractivity contribution in [1.82, 2.24) is 14.9 Å². The van der Waals surface area contributed by atoms with Crippen molar-refractivity contribution in [2.24, 2.45) is 12.5 Å². The maximum Gasteiger partial charge on any atom is 0.320 e. The first-order valence-corrected chi connectivity index (χ1v) is 6.63. The lowest BCUT2D eigenvalue weighted by molar-refractivity contribution is 0.127. The third kappa shape index (κ3) is 2.94. The van der Waals surface area contributed by atoms with Crippen LogP contribution in [0.5, 0.6) is 0 Å². The molecule has 0 saturated heterocycles. The SMILES string of the molecule is CCC1(CNC(=O)Nc2nccn(C)c2=O)CCC1. The Morgan fingerprint density at radius 2 is 2.26 bits per heavy atom. The molecular formula is C13H20N4O2. The minimum absolute atomic E-state index is 0.0571. The monoisotopic (exact) mass is 264 g/mol. The second kappa shape index (κ2) is 5.42. The van der Waals surface area contributed by atoms with Gasteiger partial charge >= 0.3 is 6.03 Å². The molecule has 1 aromatic heterocycles. The van der Waals surface area contributed by atoms with Crippen LogP contribution in [0.15, 0.2) is 17.2 Å². The fourth-order valence-electron chi connectivity index (χ4n) is 2.34. The third-order valence-corrected chi connectivity index (χ3v) is 4.04. The molecule has 1 fully saturated rings. The highest BCUT2D eigenvalue weighted by molar-refractivity contribution is 5.87. The summed E-state index contributed by atoms with van der Waals surface area (Å²) in [5.41, 5.74) is -0.0571. The highest BCUT2D eigenvalue weighted by atomic mass is 16.2. The second-order valence-corrected chi connectivity index (χ2v) is 5.21. The van der Waals surface area contributed by atoms with Crippen molar-refractivity contribution in [2.75, 3.05) is 11.9 Å². The third-order valence-electron chi connectivity index (χ3n) is 4.04. The molecule has 1 saturated carbocycles. The average Bonchev–Trinajstić information content (AvgIpc) is 2.34. The van der Waals surface area contributed by atoms with Gasteiger partial charge in [-0.25, -0.2) is 9.78 Å². The van der Waals surface area contributed by atoms with Gasteiger partial charge in [-0.1, -0.05) is 13.3 Å². The summed E-state index contributed by atoms with van der Waals surface area (Å²) < 4.78 is 1.38. The molecule has 1 aliphatic rings. The maximum atomic E-state index is 11.8. The molecule has 0 aromatic carbocycles. The van der Waals surface area contributed by atoms with E-state index >= 15 is 0 Å². The first-order valence-electron chi connectivity index (χ1n) is 6.63. The van der Waals surface area contributed by atoms with Crippen molar-refractivity contribution >= 4 is 11.8 Å². The lowest BCUT2D eigenvalue weighted by Gasteiger charge is -2.41. The van der Waals surface area contributed by atoms with Gasteiger partial charge in [-0.05, 0) is 24.7 Å². The van der Waals surface area contributed by atoms with E-state index in [2.05, 4.69) is 22.5 Å². The molecule has 0 spiro atoms. The Morgan fingerprint density at radius 1 is 1.53 bits per heavy atom. The molecule has 19 heavy (non-hydrogen) atoms. The van der Waals surface area contributed by atoms with Crippen molar-refractivity contribution in [3.63, 3.8) is 0 Å². The highest BCUT2D eigenvalue weighted by Gasteiger charge is 2.35. The van der Waals surface area contributed by atoms with Crippen LogP contribution in [0.1, 0.15) is 32.6 Å². The quantitative estimate of drug-likeness (QED) is 0.865. The summed E-state index contributed by atoms with van der Waals surface area (Å²) in [7, 11) is 1.62. The Balaban J connectivity index is 1.91. The van der Waals surface area contributed by atoms with Crippen LogP contribution in [-0.2, 0) is 7.05 Å². The highest BCUT2D eigenvalue weighted by Crippen LogP contribution is 2.42. The molecule has 6 heteroatoms. The summed E-state index contributed by atoms with van der Waals surface area (Å²) in [5, 5.41) is 5.33. The number of hydrogen-bond acceptors (Lipinski definition) is 3. The number of hydrogen-bond donors (Lipinski definition) is 2. The predicted molar refractivity (Wildman–Crippen MR) is 73.1 cm³/mol. The molecule has 0 unspecified atom stereocenters. The van der Waals surface area contributed by atoms with E-state index in [0.717, 1.165) is 19.3 Å². The van der Waals surface area contributed by atoms with E-state index in [-0.39, 0.29) is 22.8 Å². The minimum atomic E-state index is -0.365. The van der Waals surface area contributed by atoms with E-state index in [1.165, 1.54) is 17.2 Å². The number of aromatic nitrogens is 2. The Hall–Kier alpha value is -1.85. The number of carbonyl (C=O) groups is 1. The Labute approximate surface area is 112 Å². The van der Waals surface area contributed by atoms with E-state index < -0.39 is 0 Å². The van der Waals surface area contributed by atoms with Crippen molar-refractivity contribution in [3.05, 3.63) is 22.7 Å². The lowest BCUT2D eigenvalue weighted by Crippen LogP contribution is -2.43. The van der Waals surface area contributed by atoms with Gasteiger partial charge in [0, 0.05) is 26.0 Å². The first kappa shape index (κ1) is 13.6. The molecular weight excluding hydrogens is 244 g/mol. The van der Waals surface area contributed by atoms with Crippen molar-refractivity contribution in [2.45, 2.75) is 32.6 Å². The maximum absolute atomic E-state index is 11.8. The van der Waals surface area contributed by atoms with Crippen LogP contribution >= 0.6 is 0 Å². The fourth-order valence-corrected chi connectivity index (χ4v) is 2.34. The summed E-state index contributed by atoms with van der Waals surface area (Å²) in [5.74, 6) is 0.0571. The normalized spacial score (nSPS) is 16.5. The smallest absolute Gasteiger partial charge is 0.320 e. The molecule has 1 aliphatic carbocycles. The summed E-state index contributed by atoms with van der Waals surface area (Å²) in [6, 6.07) is -0.365. The van der Waals surface area contributed by atoms with Gasteiger partial charge in [0.05, 0.1) is 0 Å². The minimum Gasteiger partial charge on any atom is -0.337 e. The van der Waals surface area contributed by atoms with Crippen LogP contribution in [0.3, 0.4) is 0 Å². The number of anilines is 1. The van der Waals surface area contributed by atoms with E-state index in [0.29, 0.717) is 6.54 Å². The van der Waals surface area contributed by atoms with Crippen molar-refractivity contribution in [3.8, 4) is 0 Å². The molecule has 1 aromatic rings. The van der Waals surface area contributed by atoms with Crippen molar-refractivity contribution < 1.29 is 4.79 Å². The molecule has 6 nitrogen and oxygen atoms in total. The van der Waals surface area contributed by atoms with Gasteiger partial charge in [0.2, 0.25) is 5.82 Å². The van der Waals surface area contributed by atoms with Gasteiger partial charge in [0.25, 0.3) is 5.56 Å². The number of rotatable bonds is 4. The number of urea groups is 1. The van der Waals surface area contributed by atoms with Crippen LogP contribution in [0.4, 0.5) is 10.6 Å². The van der Waals surface area contributed by atoms with Crippen LogP contribution in [0.25, 0.3) is 0 Å². The zero-order valence-electron chi connectivity index (χ0n) is 11.4. The summed E-state index contributed by atoms with van der Waals surface area (Å²) in [6.07, 6.45) is 7.66. The standard InChI is InChI=1S/C13H20N4O2/c1-3-13(5-4-6-13)9-15-12(19)16-10-11(18)17(2)8-7-14-10/h7-8H,3-6,9H2,1-2H3,(H2,14,15,16,19). The molecule has 104 valence electrons. The van der Waals surface area contributed by atoms with Crippen LogP contribution < -0.4 is 16.2 Å². The molecule has 0 bridgehead atoms. The zero-order chi connectivity index (χ0) is 13.9. The molecule has 0 aliphatic heterocycles. The number of amides is 2. The molecule has 2 N–H and O–H groups in total. The number of nitrogens with one attached hydrogen (secondary N) is 2. The van der Waals surface area contributed by atoms with Gasteiger partial charge in [0.1, 0.15) is 0 Å². The fraction of sp³-hybridized carbons (Fsp3) is 0.615. The van der Waals surface area contributed by atoms with E-state index in [9.17, 15) is 9.59 Å². The molecule has 0 radical (unpaired) electrons. The average molecular weight is 264 g/mol. The predicted octanol–water partition coefficient (Wildman–Crippen LogP) is 1.48. The van der Waals surface area contributed by atoms with Gasteiger partial charge in [-0.2, -0.15) is 0 Å². The van der Waals surface area contributed by atoms with Gasteiger partial charge in [-0.15, -0.1) is 0 Å². The number of nitrogens with zero attached hydrogens (tertiary/aromatic N) is 2. The van der Waals surface area contributed by atoms with E-state index in [1.807, 2.05) is 0 Å². The van der Waals surface area contributed by atoms with E-state index in [1.54, 1.807) is 13.2 Å². The van der Waals surface area contributed by atoms with Gasteiger partial charge < -0.3 is 9.88 Å². The number of carbonyl (C=O) groups excluding carboxylic acids is 1. The van der Waals surface area contributed by atoms with Gasteiger partial charge in [0.15, 0.2) is 0 Å². The Bertz CT molecular complexity index is 514. The van der Waals surface area contributed by atoms with Crippen LogP contribution in [0.2, 0.25) is 0 Å². The van der Waals surface area contributed by atoms with Crippen molar-refractivity contribution in [1.29, 1.82) is 0 Å². The topological polar surface area (TPSA) is 76.0 Å². The Kier molecular flexibility index (Phi) is 3.87. The molecule has 2 rings (SSSR count). The largest absolute Gasteiger partial charge is 0.337 e. The summed E-state index contributed by atoms with van der Waals surface area (Å²) in [4.78, 5) is 27.3. The summed E-state index contributed by atoms with van der Waals surface area (Å²) >= 11 is 0. The van der Waals surface area contributed by atoms with Crippen LogP contribution in [0, 0.1) is 5.41 Å². The van der Waals surface area contributed by atoms with E-state index in [4.69, 9.17) is 0 Å². The number of aryl methyl sites for hydroxylation is 1. The summed E-state index contributed by atoms with van der Waals surface area (Å²) in [6.45, 7) is 2.80. The molecule has 1 heterocycles. The molecule has 2 amide bonds. The van der Waals surface area contributed by atoms with Crippen LogP contribution in [-0.4, -0.2) is 22.1 Å².